The van der Waals surface area contributed by atoms with E-state index in [-0.39, 0.29) is 23.9 Å². The van der Waals surface area contributed by atoms with Gasteiger partial charge in [0.2, 0.25) is 22.1 Å². The minimum atomic E-state index is -4.81. The van der Waals surface area contributed by atoms with Crippen molar-refractivity contribution in [2.75, 3.05) is 22.1 Å². The predicted molar refractivity (Wildman–Crippen MR) is 148 cm³/mol. The van der Waals surface area contributed by atoms with Crippen molar-refractivity contribution in [3.05, 3.63) is 58.9 Å². The van der Waals surface area contributed by atoms with Crippen LogP contribution in [-0.4, -0.2) is 55.1 Å². The molecule has 0 aliphatic rings. The van der Waals surface area contributed by atoms with Crippen molar-refractivity contribution in [2.24, 2.45) is 0 Å². The Balaban J connectivity index is 1.15. The highest BCUT2D eigenvalue weighted by atomic mass is 35.5. The van der Waals surface area contributed by atoms with Gasteiger partial charge < -0.3 is 15.4 Å². The third-order valence-corrected chi connectivity index (χ3v) is 8.92. The second kappa shape index (κ2) is 14.1. The van der Waals surface area contributed by atoms with Crippen LogP contribution in [0.2, 0.25) is 5.15 Å². The summed E-state index contributed by atoms with van der Waals surface area (Å²) >= 11 is 11.1. The van der Waals surface area contributed by atoms with Crippen LogP contribution in [-0.2, 0) is 22.4 Å². The number of halogens is 4. The van der Waals surface area contributed by atoms with E-state index in [2.05, 4.69) is 40.7 Å². The molecule has 4 rings (SSSR count). The van der Waals surface area contributed by atoms with Crippen LogP contribution >= 0.6 is 57.8 Å². The molecule has 0 atom stereocenters. The maximum absolute atomic E-state index is 12.4. The first-order valence-electron chi connectivity index (χ1n) is 11.1. The lowest BCUT2D eigenvalue weighted by Gasteiger charge is -2.09. The van der Waals surface area contributed by atoms with Crippen LogP contribution in [0.1, 0.15) is 11.1 Å². The van der Waals surface area contributed by atoms with Gasteiger partial charge in [0.15, 0.2) is 8.68 Å². The zero-order valence-electron chi connectivity index (χ0n) is 20.0. The van der Waals surface area contributed by atoms with Crippen molar-refractivity contribution in [2.45, 2.75) is 27.9 Å². The molecule has 0 saturated carbocycles. The fourth-order valence-electron chi connectivity index (χ4n) is 2.96. The second-order valence-electron chi connectivity index (χ2n) is 7.58. The van der Waals surface area contributed by atoms with Gasteiger partial charge in [-0.25, -0.2) is 4.98 Å². The average molecular weight is 648 g/mol. The van der Waals surface area contributed by atoms with Crippen LogP contribution in [0.5, 0.6) is 5.75 Å². The Morgan fingerprint density at radius 3 is 2.02 bits per heavy atom. The number of alkyl halides is 3. The van der Waals surface area contributed by atoms with Gasteiger partial charge in [0, 0.05) is 17.7 Å². The maximum Gasteiger partial charge on any atom is 0.573 e. The van der Waals surface area contributed by atoms with Crippen LogP contribution < -0.4 is 15.4 Å². The molecule has 1 aromatic carbocycles. The molecule has 3 heterocycles. The number of amides is 2. The largest absolute Gasteiger partial charge is 0.573 e. The average Bonchev–Trinajstić information content (AvgIpc) is 3.51. The summed E-state index contributed by atoms with van der Waals surface area (Å²) in [4.78, 5) is 28.4. The predicted octanol–water partition coefficient (Wildman–Crippen LogP) is 5.58. The number of rotatable bonds is 12. The zero-order valence-corrected chi connectivity index (χ0v) is 24.0. The summed E-state index contributed by atoms with van der Waals surface area (Å²) in [6, 6.07) is 8.55. The molecule has 40 heavy (non-hydrogen) atoms. The molecule has 0 spiro atoms. The van der Waals surface area contributed by atoms with Gasteiger partial charge in [-0.1, -0.05) is 76.0 Å². The highest BCUT2D eigenvalue weighted by Crippen LogP contribution is 2.30. The minimum absolute atomic E-state index is 0.136. The number of anilines is 2. The normalized spacial score (nSPS) is 11.3. The quantitative estimate of drug-likeness (QED) is 0.0869. The van der Waals surface area contributed by atoms with Crippen molar-refractivity contribution in [3.8, 4) is 5.75 Å². The van der Waals surface area contributed by atoms with Gasteiger partial charge in [0.05, 0.1) is 12.8 Å². The highest BCUT2D eigenvalue weighted by molar-refractivity contribution is 8.04. The van der Waals surface area contributed by atoms with E-state index in [1.54, 1.807) is 12.1 Å². The van der Waals surface area contributed by atoms with E-state index >= 15 is 0 Å². The lowest BCUT2D eigenvalue weighted by atomic mass is 10.1. The zero-order chi connectivity index (χ0) is 28.5. The lowest BCUT2D eigenvalue weighted by molar-refractivity contribution is -0.274. The fourth-order valence-corrected chi connectivity index (χ4v) is 6.71. The molecule has 10 nitrogen and oxygen atoms in total. The third-order valence-electron chi connectivity index (χ3n) is 4.49. The summed E-state index contributed by atoms with van der Waals surface area (Å²) in [5.41, 5.74) is 1.08. The summed E-state index contributed by atoms with van der Waals surface area (Å²) in [6.45, 7) is 0. The SMILES string of the molecule is O=C(Cc1ccc(Cl)nc1)Nc1nnc(SCCSc2nnc(NC(=O)Cc3cccc(OC(F)(F)F)c3)s2)s1. The molecular formula is C22H17ClF3N7O3S4. The number of benzene rings is 1. The number of carbonyl (C=O) groups excluding carboxylic acids is 2. The summed E-state index contributed by atoms with van der Waals surface area (Å²) in [6.07, 6.45) is -3.29. The number of nitrogens with zero attached hydrogens (tertiary/aromatic N) is 5. The van der Waals surface area contributed by atoms with Crippen molar-refractivity contribution in [1.82, 2.24) is 25.4 Å². The van der Waals surface area contributed by atoms with Gasteiger partial charge in [-0.05, 0) is 29.3 Å². The molecule has 4 aromatic rings. The van der Waals surface area contributed by atoms with Gasteiger partial charge in [0.25, 0.3) is 0 Å². The monoisotopic (exact) mass is 647 g/mol. The Kier molecular flexibility index (Phi) is 10.5. The van der Waals surface area contributed by atoms with Crippen LogP contribution in [0.4, 0.5) is 23.4 Å². The van der Waals surface area contributed by atoms with Gasteiger partial charge in [0.1, 0.15) is 10.9 Å². The molecule has 3 aromatic heterocycles. The molecule has 0 bridgehead atoms. The first kappa shape index (κ1) is 30.0. The van der Waals surface area contributed by atoms with Gasteiger partial charge in [-0.2, -0.15) is 0 Å². The van der Waals surface area contributed by atoms with Crippen molar-refractivity contribution >= 4 is 79.9 Å². The van der Waals surface area contributed by atoms with E-state index in [1.165, 1.54) is 64.5 Å². The summed E-state index contributed by atoms with van der Waals surface area (Å²) in [5, 5.41) is 22.3. The number of aromatic nitrogens is 5. The molecule has 0 fully saturated rings. The van der Waals surface area contributed by atoms with E-state index in [1.807, 2.05) is 0 Å². The summed E-state index contributed by atoms with van der Waals surface area (Å²) in [7, 11) is 0. The molecule has 0 aliphatic heterocycles. The number of carbonyl (C=O) groups is 2. The van der Waals surface area contributed by atoms with E-state index in [0.717, 1.165) is 17.7 Å². The smallest absolute Gasteiger partial charge is 0.406 e. The molecule has 0 radical (unpaired) electrons. The number of hydrogen-bond acceptors (Lipinski definition) is 12. The number of hydrogen-bond donors (Lipinski definition) is 2. The number of thioether (sulfide) groups is 2. The van der Waals surface area contributed by atoms with Crippen molar-refractivity contribution in [1.29, 1.82) is 0 Å². The van der Waals surface area contributed by atoms with Gasteiger partial charge in [-0.3, -0.25) is 9.59 Å². The van der Waals surface area contributed by atoms with E-state index < -0.39 is 18.0 Å². The minimum Gasteiger partial charge on any atom is -0.406 e. The van der Waals surface area contributed by atoms with Crippen molar-refractivity contribution < 1.29 is 27.5 Å². The molecule has 2 amide bonds. The van der Waals surface area contributed by atoms with Crippen LogP contribution in [0.3, 0.4) is 0 Å². The van der Waals surface area contributed by atoms with E-state index in [4.69, 9.17) is 11.6 Å². The highest BCUT2D eigenvalue weighted by Gasteiger charge is 2.31. The lowest BCUT2D eigenvalue weighted by Crippen LogP contribution is -2.17. The standard InChI is InChI=1S/C22H17ClF3N7O3S4/c23-15-5-4-13(11-27-15)10-17(35)29-19-31-33-21(40-19)38-7-6-37-20-32-30-18(39-20)28-16(34)9-12-2-1-3-14(8-12)36-22(24,25)26/h1-5,8,11H,6-7,9-10H2,(H,28,30,34)(H,29,31,35). The Hall–Kier alpha value is -2.99. The van der Waals surface area contributed by atoms with Gasteiger partial charge >= 0.3 is 6.36 Å². The van der Waals surface area contributed by atoms with Crippen LogP contribution in [0.15, 0.2) is 51.3 Å². The fraction of sp³-hybridized carbons (Fsp3) is 0.227. The molecule has 18 heteroatoms. The first-order valence-corrected chi connectivity index (χ1v) is 15.1. The number of pyridine rings is 1. The Morgan fingerprint density at radius 2 is 1.48 bits per heavy atom. The Morgan fingerprint density at radius 1 is 0.875 bits per heavy atom. The molecule has 0 saturated heterocycles. The second-order valence-corrected chi connectivity index (χ2v) is 12.6. The van der Waals surface area contributed by atoms with E-state index in [9.17, 15) is 22.8 Å². The van der Waals surface area contributed by atoms with Crippen LogP contribution in [0.25, 0.3) is 0 Å². The number of ether oxygens (including phenoxy) is 1. The first-order chi connectivity index (χ1) is 19.1. The molecule has 210 valence electrons. The van der Waals surface area contributed by atoms with Gasteiger partial charge in [-0.15, -0.1) is 33.6 Å². The molecule has 0 aliphatic carbocycles. The number of nitrogens with one attached hydrogen (secondary N) is 2. The maximum atomic E-state index is 12.4. The molecular weight excluding hydrogens is 631 g/mol. The molecule has 0 unspecified atom stereocenters. The van der Waals surface area contributed by atoms with E-state index in [0.29, 0.717) is 36.0 Å². The Labute approximate surface area is 246 Å². The van der Waals surface area contributed by atoms with Crippen molar-refractivity contribution in [3.63, 3.8) is 0 Å². The Bertz CT molecular complexity index is 1450. The van der Waals surface area contributed by atoms with Crippen LogP contribution in [0, 0.1) is 0 Å². The summed E-state index contributed by atoms with van der Waals surface area (Å²) in [5.74, 6) is 0.268. The molecule has 2 N–H and O–H groups in total. The topological polar surface area (TPSA) is 132 Å². The summed E-state index contributed by atoms with van der Waals surface area (Å²) < 4.78 is 42.4. The third kappa shape index (κ3) is 10.2.